The van der Waals surface area contributed by atoms with Gasteiger partial charge in [-0.2, -0.15) is 0 Å². The topological polar surface area (TPSA) is 77.1 Å². The van der Waals surface area contributed by atoms with E-state index < -0.39 is 5.97 Å². The SMILES string of the molecule is COC(=O)c1ccc(NC(=O)N2CC3(CCCC3)c3cc4c(cc3C2C)OCCO4)cc1. The number of rotatable bonds is 2. The quantitative estimate of drug-likeness (QED) is 0.693. The number of ether oxygens (including phenoxy) is 3. The van der Waals surface area contributed by atoms with Gasteiger partial charge >= 0.3 is 12.0 Å². The van der Waals surface area contributed by atoms with Crippen LogP contribution < -0.4 is 14.8 Å². The number of urea groups is 1. The van der Waals surface area contributed by atoms with Gasteiger partial charge in [0.2, 0.25) is 0 Å². The van der Waals surface area contributed by atoms with Crippen molar-refractivity contribution in [3.8, 4) is 11.5 Å². The van der Waals surface area contributed by atoms with Crippen LogP contribution in [0.3, 0.4) is 0 Å². The van der Waals surface area contributed by atoms with Crippen molar-refractivity contribution < 1.29 is 23.8 Å². The number of nitrogens with zero attached hydrogens (tertiary/aromatic N) is 1. The van der Waals surface area contributed by atoms with E-state index >= 15 is 0 Å². The average molecular weight is 437 g/mol. The highest BCUT2D eigenvalue weighted by Gasteiger charge is 2.46. The first-order valence-corrected chi connectivity index (χ1v) is 11.2. The van der Waals surface area contributed by atoms with Gasteiger partial charge in [0, 0.05) is 17.6 Å². The molecular weight excluding hydrogens is 408 g/mol. The van der Waals surface area contributed by atoms with Crippen molar-refractivity contribution in [3.05, 3.63) is 53.1 Å². The van der Waals surface area contributed by atoms with Crippen molar-refractivity contribution >= 4 is 17.7 Å². The van der Waals surface area contributed by atoms with E-state index in [2.05, 4.69) is 24.4 Å². The summed E-state index contributed by atoms with van der Waals surface area (Å²) in [5.41, 5.74) is 3.48. The highest BCUT2D eigenvalue weighted by Crippen LogP contribution is 2.52. The van der Waals surface area contributed by atoms with Gasteiger partial charge in [0.25, 0.3) is 0 Å². The molecule has 1 aliphatic carbocycles. The maximum absolute atomic E-state index is 13.4. The third-order valence-electron chi connectivity index (χ3n) is 7.06. The number of carbonyl (C=O) groups is 2. The molecule has 1 unspecified atom stereocenters. The fourth-order valence-corrected chi connectivity index (χ4v) is 5.36. The molecule has 0 aromatic heterocycles. The summed E-state index contributed by atoms with van der Waals surface area (Å²) in [4.78, 5) is 27.0. The highest BCUT2D eigenvalue weighted by atomic mass is 16.6. The van der Waals surface area contributed by atoms with Gasteiger partial charge in [-0.3, -0.25) is 0 Å². The first-order valence-electron chi connectivity index (χ1n) is 11.2. The summed E-state index contributed by atoms with van der Waals surface area (Å²) < 4.78 is 16.4. The fraction of sp³-hybridized carbons (Fsp3) is 0.440. The Balaban J connectivity index is 1.44. The van der Waals surface area contributed by atoms with Crippen LogP contribution in [0.1, 0.15) is 60.1 Å². The van der Waals surface area contributed by atoms with Crippen molar-refractivity contribution in [3.63, 3.8) is 0 Å². The summed E-state index contributed by atoms with van der Waals surface area (Å²) in [5, 5.41) is 3.00. The number of amides is 2. The molecule has 1 spiro atoms. The molecule has 1 saturated carbocycles. The van der Waals surface area contributed by atoms with Crippen LogP contribution in [0.4, 0.5) is 10.5 Å². The van der Waals surface area contributed by atoms with Crippen LogP contribution >= 0.6 is 0 Å². The van der Waals surface area contributed by atoms with Gasteiger partial charge in [0.05, 0.1) is 18.7 Å². The second-order valence-corrected chi connectivity index (χ2v) is 8.87. The highest BCUT2D eigenvalue weighted by molar-refractivity contribution is 5.92. The van der Waals surface area contributed by atoms with Crippen LogP contribution in [-0.2, 0) is 10.2 Å². The summed E-state index contributed by atoms with van der Waals surface area (Å²) in [6, 6.07) is 10.7. The van der Waals surface area contributed by atoms with E-state index in [-0.39, 0.29) is 17.5 Å². The normalized spacial score (nSPS) is 20.6. The summed E-state index contributed by atoms with van der Waals surface area (Å²) in [7, 11) is 1.35. The van der Waals surface area contributed by atoms with E-state index in [1.165, 1.54) is 12.7 Å². The minimum Gasteiger partial charge on any atom is -0.486 e. The van der Waals surface area contributed by atoms with Crippen molar-refractivity contribution in [2.75, 3.05) is 32.2 Å². The Morgan fingerprint density at radius 1 is 1.06 bits per heavy atom. The van der Waals surface area contributed by atoms with Crippen LogP contribution in [0.2, 0.25) is 0 Å². The van der Waals surface area contributed by atoms with Crippen molar-refractivity contribution in [1.29, 1.82) is 0 Å². The molecule has 1 N–H and O–H groups in total. The molecule has 0 bridgehead atoms. The van der Waals surface area contributed by atoms with Crippen LogP contribution in [-0.4, -0.2) is 43.8 Å². The van der Waals surface area contributed by atoms with E-state index in [9.17, 15) is 9.59 Å². The van der Waals surface area contributed by atoms with Crippen molar-refractivity contribution in [2.24, 2.45) is 0 Å². The van der Waals surface area contributed by atoms with E-state index in [0.29, 0.717) is 31.0 Å². The molecule has 1 atom stereocenters. The number of anilines is 1. The smallest absolute Gasteiger partial charge is 0.337 e. The fourth-order valence-electron chi connectivity index (χ4n) is 5.36. The minimum atomic E-state index is -0.401. The molecule has 2 aliphatic heterocycles. The number of hydrogen-bond donors (Lipinski definition) is 1. The zero-order valence-corrected chi connectivity index (χ0v) is 18.5. The number of esters is 1. The standard InChI is InChI=1S/C25H28N2O5/c1-16-19-13-21-22(32-12-11-31-21)14-20(19)25(9-3-4-10-25)15-27(16)24(29)26-18-7-5-17(6-8-18)23(28)30-2/h5-8,13-14,16H,3-4,9-12,15H2,1-2H3,(H,26,29). The Morgan fingerprint density at radius 2 is 1.72 bits per heavy atom. The Hall–Kier alpha value is -3.22. The van der Waals surface area contributed by atoms with Gasteiger partial charge < -0.3 is 24.4 Å². The lowest BCUT2D eigenvalue weighted by molar-refractivity contribution is 0.0600. The monoisotopic (exact) mass is 436 g/mol. The van der Waals surface area contributed by atoms with E-state index in [0.717, 1.165) is 42.7 Å². The third kappa shape index (κ3) is 3.45. The molecule has 0 radical (unpaired) electrons. The van der Waals surface area contributed by atoms with Crippen molar-refractivity contribution in [1.82, 2.24) is 4.90 Å². The molecule has 7 heteroatoms. The van der Waals surface area contributed by atoms with Crippen LogP contribution in [0.15, 0.2) is 36.4 Å². The average Bonchev–Trinajstić information content (AvgIpc) is 3.30. The number of hydrogen-bond acceptors (Lipinski definition) is 5. The number of methoxy groups -OCH3 is 1. The van der Waals surface area contributed by atoms with E-state index in [1.54, 1.807) is 24.3 Å². The van der Waals surface area contributed by atoms with Gasteiger partial charge in [-0.1, -0.05) is 12.8 Å². The van der Waals surface area contributed by atoms with Gasteiger partial charge in [0.1, 0.15) is 13.2 Å². The van der Waals surface area contributed by atoms with Gasteiger partial charge in [-0.15, -0.1) is 0 Å². The summed E-state index contributed by atoms with van der Waals surface area (Å²) in [6.07, 6.45) is 4.44. The largest absolute Gasteiger partial charge is 0.486 e. The Morgan fingerprint density at radius 3 is 2.38 bits per heavy atom. The Labute approximate surface area is 187 Å². The van der Waals surface area contributed by atoms with Gasteiger partial charge in [0.15, 0.2) is 11.5 Å². The van der Waals surface area contributed by atoms with E-state index in [1.807, 2.05) is 4.90 Å². The molecule has 5 rings (SSSR count). The Bertz CT molecular complexity index is 1040. The first-order chi connectivity index (χ1) is 15.5. The summed E-state index contributed by atoms with van der Waals surface area (Å²) in [6.45, 7) is 3.85. The first kappa shape index (κ1) is 20.7. The second-order valence-electron chi connectivity index (χ2n) is 8.87. The minimum absolute atomic E-state index is 0.0518. The van der Waals surface area contributed by atoms with Crippen LogP contribution in [0, 0.1) is 0 Å². The molecule has 1 fully saturated rings. The zero-order valence-electron chi connectivity index (χ0n) is 18.5. The summed E-state index contributed by atoms with van der Waals surface area (Å²) in [5.74, 6) is 1.18. The molecular formula is C25H28N2O5. The maximum atomic E-state index is 13.4. The summed E-state index contributed by atoms with van der Waals surface area (Å²) >= 11 is 0. The molecule has 2 aromatic carbocycles. The molecule has 168 valence electrons. The molecule has 0 saturated heterocycles. The molecule has 32 heavy (non-hydrogen) atoms. The van der Waals surface area contributed by atoms with Crippen LogP contribution in [0.25, 0.3) is 0 Å². The lowest BCUT2D eigenvalue weighted by Crippen LogP contribution is -2.50. The molecule has 3 aliphatic rings. The number of benzene rings is 2. The predicted molar refractivity (Wildman–Crippen MR) is 119 cm³/mol. The maximum Gasteiger partial charge on any atom is 0.337 e. The zero-order chi connectivity index (χ0) is 22.3. The lowest BCUT2D eigenvalue weighted by atomic mass is 9.71. The van der Waals surface area contributed by atoms with Gasteiger partial charge in [-0.05, 0) is 67.3 Å². The second kappa shape index (κ2) is 8.04. The van der Waals surface area contributed by atoms with Crippen LogP contribution in [0.5, 0.6) is 11.5 Å². The van der Waals surface area contributed by atoms with E-state index in [4.69, 9.17) is 14.2 Å². The third-order valence-corrected chi connectivity index (χ3v) is 7.06. The number of fused-ring (bicyclic) bond motifs is 3. The molecule has 2 aromatic rings. The number of nitrogens with one attached hydrogen (secondary N) is 1. The number of carbonyl (C=O) groups excluding carboxylic acids is 2. The molecule has 2 amide bonds. The Kier molecular flexibility index (Phi) is 5.19. The predicted octanol–water partition coefficient (Wildman–Crippen LogP) is 4.66. The molecule has 7 nitrogen and oxygen atoms in total. The molecule has 2 heterocycles. The van der Waals surface area contributed by atoms with Crippen molar-refractivity contribution in [2.45, 2.75) is 44.1 Å². The van der Waals surface area contributed by atoms with Gasteiger partial charge in [-0.25, -0.2) is 9.59 Å². The lowest BCUT2D eigenvalue weighted by Gasteiger charge is -2.46.